The maximum Gasteiger partial charge on any atom is 0.254 e. The van der Waals surface area contributed by atoms with Crippen LogP contribution in [0.3, 0.4) is 0 Å². The van der Waals surface area contributed by atoms with Crippen LogP contribution in [-0.4, -0.2) is 59.8 Å². The molecule has 5 rings (SSSR count). The Morgan fingerprint density at radius 3 is 2.34 bits per heavy atom. The van der Waals surface area contributed by atoms with Crippen molar-refractivity contribution < 1.29 is 9.59 Å². The summed E-state index contributed by atoms with van der Waals surface area (Å²) in [5.74, 6) is -0.480. The fourth-order valence-corrected chi connectivity index (χ4v) is 4.45. The minimum atomic E-state index is -0.501. The van der Waals surface area contributed by atoms with Gasteiger partial charge in [0.15, 0.2) is 0 Å². The molecule has 1 aliphatic rings. The fraction of sp³-hybridized carbons (Fsp3) is 0.200. The van der Waals surface area contributed by atoms with E-state index in [1.54, 1.807) is 6.07 Å². The van der Waals surface area contributed by atoms with E-state index in [0.717, 1.165) is 40.5 Å². The van der Waals surface area contributed by atoms with Gasteiger partial charge in [-0.15, -0.1) is 0 Å². The van der Waals surface area contributed by atoms with Gasteiger partial charge in [-0.05, 0) is 48.5 Å². The van der Waals surface area contributed by atoms with Crippen LogP contribution in [-0.2, 0) is 0 Å². The van der Waals surface area contributed by atoms with E-state index in [4.69, 9.17) is 11.5 Å². The number of carbonyl (C=O) groups is 2. The van der Waals surface area contributed by atoms with Gasteiger partial charge in [-0.3, -0.25) is 9.59 Å². The monoisotopic (exact) mass is 427 g/mol. The first-order valence-corrected chi connectivity index (χ1v) is 10.6. The number of anilines is 1. The van der Waals surface area contributed by atoms with Crippen molar-refractivity contribution in [1.82, 2.24) is 14.8 Å². The molecule has 0 bridgehead atoms. The molecule has 0 radical (unpaired) electrons. The summed E-state index contributed by atoms with van der Waals surface area (Å²) in [6.45, 7) is 3.17. The lowest BCUT2D eigenvalue weighted by Gasteiger charge is -2.32. The van der Waals surface area contributed by atoms with Crippen molar-refractivity contribution in [2.45, 2.75) is 0 Å². The number of amides is 2. The summed E-state index contributed by atoms with van der Waals surface area (Å²) in [5.41, 5.74) is 16.7. The smallest absolute Gasteiger partial charge is 0.254 e. The van der Waals surface area contributed by atoms with Crippen LogP contribution < -0.4 is 11.5 Å². The minimum absolute atomic E-state index is 0.0209. The van der Waals surface area contributed by atoms with Gasteiger partial charge in [0.05, 0.1) is 11.1 Å². The third kappa shape index (κ3) is 3.36. The molecule has 2 amide bonds. The third-order valence-electron chi connectivity index (χ3n) is 6.28. The topological polar surface area (TPSA) is 108 Å². The van der Waals surface area contributed by atoms with E-state index in [1.807, 2.05) is 53.4 Å². The molecule has 5 N–H and O–H groups in total. The standard InChI is InChI=1S/C25H25N5O2/c1-29-10-12-30(13-11-29)25(32)16-4-7-19-21(14-16)28-23-20(24(27)31)9-8-18(22(19)23)15-2-5-17(26)6-3-15/h2-9,14,28H,10-13,26H2,1H3,(H2,27,31). The van der Waals surface area contributed by atoms with Crippen LogP contribution in [0.2, 0.25) is 0 Å². The van der Waals surface area contributed by atoms with E-state index in [0.29, 0.717) is 35.4 Å². The molecular formula is C25H25N5O2. The Morgan fingerprint density at radius 2 is 1.66 bits per heavy atom. The Hall–Kier alpha value is -3.84. The first kappa shape index (κ1) is 20.1. The number of rotatable bonds is 3. The van der Waals surface area contributed by atoms with Gasteiger partial charge in [-0.2, -0.15) is 0 Å². The number of benzene rings is 3. The third-order valence-corrected chi connectivity index (χ3v) is 6.28. The number of nitrogens with two attached hydrogens (primary N) is 2. The molecule has 0 saturated carbocycles. The molecule has 7 nitrogen and oxygen atoms in total. The lowest BCUT2D eigenvalue weighted by molar-refractivity contribution is 0.0664. The average Bonchev–Trinajstić information content (AvgIpc) is 3.17. The quantitative estimate of drug-likeness (QED) is 0.437. The highest BCUT2D eigenvalue weighted by atomic mass is 16.2. The Balaban J connectivity index is 1.66. The SMILES string of the molecule is CN1CCN(C(=O)c2ccc3c(c2)[nH]c2c(C(N)=O)ccc(-c4ccc(N)cc4)c23)CC1. The lowest BCUT2D eigenvalue weighted by atomic mass is 9.96. The number of H-pyrrole nitrogens is 1. The molecule has 3 aromatic carbocycles. The summed E-state index contributed by atoms with van der Waals surface area (Å²) in [7, 11) is 2.06. The molecule has 0 spiro atoms. The molecule has 0 aliphatic carbocycles. The van der Waals surface area contributed by atoms with Crippen LogP contribution >= 0.6 is 0 Å². The van der Waals surface area contributed by atoms with Gasteiger partial charge in [0, 0.05) is 53.7 Å². The summed E-state index contributed by atoms with van der Waals surface area (Å²) >= 11 is 0. The maximum atomic E-state index is 13.1. The Kier molecular flexibility index (Phi) is 4.83. The number of primary amides is 1. The predicted octanol–water partition coefficient (Wildman–Crippen LogP) is 3.06. The van der Waals surface area contributed by atoms with Crippen LogP contribution in [0, 0.1) is 0 Å². The highest BCUT2D eigenvalue weighted by Crippen LogP contribution is 2.37. The number of hydrogen-bond donors (Lipinski definition) is 3. The summed E-state index contributed by atoms with van der Waals surface area (Å²) in [5, 5.41) is 1.84. The van der Waals surface area contributed by atoms with Crippen molar-refractivity contribution in [3.05, 3.63) is 65.7 Å². The minimum Gasteiger partial charge on any atom is -0.399 e. The second-order valence-electron chi connectivity index (χ2n) is 8.38. The van der Waals surface area contributed by atoms with E-state index in [2.05, 4.69) is 16.9 Å². The van der Waals surface area contributed by atoms with Crippen LogP contribution in [0.25, 0.3) is 32.9 Å². The molecule has 32 heavy (non-hydrogen) atoms. The number of nitrogens with one attached hydrogen (secondary N) is 1. The summed E-state index contributed by atoms with van der Waals surface area (Å²) in [4.78, 5) is 32.6. The first-order chi connectivity index (χ1) is 15.4. The van der Waals surface area contributed by atoms with E-state index < -0.39 is 5.91 Å². The number of carbonyl (C=O) groups excluding carboxylic acids is 2. The van der Waals surface area contributed by atoms with Crippen LogP contribution in [0.15, 0.2) is 54.6 Å². The molecule has 1 saturated heterocycles. The van der Waals surface area contributed by atoms with Gasteiger partial charge < -0.3 is 26.3 Å². The van der Waals surface area contributed by atoms with Crippen molar-refractivity contribution in [2.24, 2.45) is 5.73 Å². The molecule has 0 atom stereocenters. The van der Waals surface area contributed by atoms with E-state index in [1.165, 1.54) is 0 Å². The average molecular weight is 428 g/mol. The van der Waals surface area contributed by atoms with Gasteiger partial charge in [0.25, 0.3) is 11.8 Å². The van der Waals surface area contributed by atoms with Crippen molar-refractivity contribution in [3.8, 4) is 11.1 Å². The molecular weight excluding hydrogens is 402 g/mol. The maximum absolute atomic E-state index is 13.1. The van der Waals surface area contributed by atoms with E-state index >= 15 is 0 Å². The van der Waals surface area contributed by atoms with Crippen molar-refractivity contribution in [2.75, 3.05) is 39.0 Å². The Morgan fingerprint density at radius 1 is 0.938 bits per heavy atom. The van der Waals surface area contributed by atoms with Crippen molar-refractivity contribution >= 4 is 39.3 Å². The van der Waals surface area contributed by atoms with Crippen LogP contribution in [0.1, 0.15) is 20.7 Å². The van der Waals surface area contributed by atoms with Gasteiger partial charge in [-0.25, -0.2) is 0 Å². The zero-order valence-electron chi connectivity index (χ0n) is 17.9. The van der Waals surface area contributed by atoms with Crippen LogP contribution in [0.5, 0.6) is 0 Å². The number of aromatic nitrogens is 1. The molecule has 1 aliphatic heterocycles. The van der Waals surface area contributed by atoms with Gasteiger partial charge in [-0.1, -0.05) is 24.3 Å². The molecule has 1 aromatic heterocycles. The number of likely N-dealkylation sites (N-methyl/N-ethyl adjacent to an activating group) is 1. The Bertz CT molecular complexity index is 1350. The second-order valence-corrected chi connectivity index (χ2v) is 8.38. The van der Waals surface area contributed by atoms with E-state index in [-0.39, 0.29) is 5.91 Å². The second kappa shape index (κ2) is 7.69. The summed E-state index contributed by atoms with van der Waals surface area (Å²) in [6.07, 6.45) is 0. The number of aromatic amines is 1. The first-order valence-electron chi connectivity index (χ1n) is 10.6. The fourth-order valence-electron chi connectivity index (χ4n) is 4.45. The lowest BCUT2D eigenvalue weighted by Crippen LogP contribution is -2.47. The van der Waals surface area contributed by atoms with Gasteiger partial charge >= 0.3 is 0 Å². The number of fused-ring (bicyclic) bond motifs is 3. The largest absolute Gasteiger partial charge is 0.399 e. The summed E-state index contributed by atoms with van der Waals surface area (Å²) in [6, 6.07) is 16.9. The number of hydrogen-bond acceptors (Lipinski definition) is 4. The number of nitrogen functional groups attached to an aromatic ring is 1. The molecule has 0 unspecified atom stereocenters. The zero-order valence-corrected chi connectivity index (χ0v) is 17.9. The normalized spacial score (nSPS) is 14.8. The van der Waals surface area contributed by atoms with E-state index in [9.17, 15) is 9.59 Å². The highest BCUT2D eigenvalue weighted by molar-refractivity contribution is 6.20. The van der Waals surface area contributed by atoms with Gasteiger partial charge in [0.1, 0.15) is 0 Å². The molecule has 1 fully saturated rings. The summed E-state index contributed by atoms with van der Waals surface area (Å²) < 4.78 is 0. The Labute approximate surface area is 185 Å². The molecule has 162 valence electrons. The predicted molar refractivity (Wildman–Crippen MR) is 128 cm³/mol. The number of nitrogens with zero attached hydrogens (tertiary/aromatic N) is 2. The van der Waals surface area contributed by atoms with Crippen molar-refractivity contribution in [1.29, 1.82) is 0 Å². The molecule has 4 aromatic rings. The molecule has 2 heterocycles. The van der Waals surface area contributed by atoms with Gasteiger partial charge in [0.2, 0.25) is 0 Å². The number of piperazine rings is 1. The zero-order chi connectivity index (χ0) is 22.4. The highest BCUT2D eigenvalue weighted by Gasteiger charge is 2.22. The molecule has 7 heteroatoms. The van der Waals surface area contributed by atoms with Crippen LogP contribution in [0.4, 0.5) is 5.69 Å². The van der Waals surface area contributed by atoms with Crippen molar-refractivity contribution in [3.63, 3.8) is 0 Å².